The number of halogens is 1. The highest BCUT2D eigenvalue weighted by atomic mass is 79.9. The number of aliphatic hydroxyl groups excluding tert-OH is 1. The summed E-state index contributed by atoms with van der Waals surface area (Å²) >= 11 is 3.49. The fraction of sp³-hybridized carbons (Fsp3) is 0.167. The van der Waals surface area contributed by atoms with Crippen molar-refractivity contribution in [1.82, 2.24) is 4.98 Å². The summed E-state index contributed by atoms with van der Waals surface area (Å²) in [4.78, 5) is 4.36. The number of para-hydroxylation sites is 1. The van der Waals surface area contributed by atoms with Gasteiger partial charge in [0.25, 0.3) is 0 Å². The van der Waals surface area contributed by atoms with Gasteiger partial charge >= 0.3 is 0 Å². The van der Waals surface area contributed by atoms with Crippen molar-refractivity contribution in [3.8, 4) is 0 Å². The smallest absolute Gasteiger partial charge is 0.0831 e. The second-order valence-electron chi connectivity index (χ2n) is 5.27. The summed E-state index contributed by atoms with van der Waals surface area (Å²) in [6.07, 6.45) is 1.86. The number of hydrogen-bond acceptors (Lipinski definition) is 2. The predicted octanol–water partition coefficient (Wildman–Crippen LogP) is 4.58. The Bertz CT molecular complexity index is 760. The lowest BCUT2D eigenvalue weighted by Gasteiger charge is -2.14. The molecule has 1 N–H and O–H groups in total. The molecule has 0 saturated heterocycles. The van der Waals surface area contributed by atoms with Crippen LogP contribution < -0.4 is 0 Å². The molecule has 0 aliphatic heterocycles. The maximum atomic E-state index is 10.5. The molecule has 1 atom stereocenters. The molecule has 0 fully saturated rings. The van der Waals surface area contributed by atoms with Gasteiger partial charge in [-0.2, -0.15) is 0 Å². The maximum Gasteiger partial charge on any atom is 0.0831 e. The molecule has 2 aromatic carbocycles. The van der Waals surface area contributed by atoms with E-state index >= 15 is 0 Å². The molecule has 0 radical (unpaired) electrons. The molecule has 106 valence electrons. The molecule has 1 aromatic heterocycles. The van der Waals surface area contributed by atoms with Crippen molar-refractivity contribution in [3.05, 3.63) is 75.9 Å². The van der Waals surface area contributed by atoms with Crippen LogP contribution in [-0.4, -0.2) is 10.1 Å². The van der Waals surface area contributed by atoms with Gasteiger partial charge in [-0.1, -0.05) is 40.2 Å². The van der Waals surface area contributed by atoms with Crippen LogP contribution in [-0.2, 0) is 6.42 Å². The van der Waals surface area contributed by atoms with E-state index in [-0.39, 0.29) is 0 Å². The standard InChI is InChI=1S/C18H16BrNO/c1-12-8-14(10-15(19)9-12)18(21)11-13-6-7-20-17-5-3-2-4-16(13)17/h2-10,18,21H,11H2,1H3. The number of pyridine rings is 1. The van der Waals surface area contributed by atoms with Crippen molar-refractivity contribution >= 4 is 26.8 Å². The minimum atomic E-state index is -0.521. The number of fused-ring (bicyclic) bond motifs is 1. The first kappa shape index (κ1) is 14.2. The summed E-state index contributed by atoms with van der Waals surface area (Å²) in [5.41, 5.74) is 4.15. The van der Waals surface area contributed by atoms with E-state index in [1.54, 1.807) is 6.20 Å². The highest BCUT2D eigenvalue weighted by molar-refractivity contribution is 9.10. The first-order valence-electron chi connectivity index (χ1n) is 6.91. The van der Waals surface area contributed by atoms with E-state index in [4.69, 9.17) is 0 Å². The van der Waals surface area contributed by atoms with Gasteiger partial charge in [-0.05, 0) is 47.9 Å². The monoisotopic (exact) mass is 341 g/mol. The Labute approximate surface area is 132 Å². The number of aryl methyl sites for hydroxylation is 1. The van der Waals surface area contributed by atoms with Crippen LogP contribution in [0.5, 0.6) is 0 Å². The van der Waals surface area contributed by atoms with Crippen molar-refractivity contribution in [2.45, 2.75) is 19.4 Å². The van der Waals surface area contributed by atoms with Crippen LogP contribution in [0.2, 0.25) is 0 Å². The number of nitrogens with zero attached hydrogens (tertiary/aromatic N) is 1. The van der Waals surface area contributed by atoms with Gasteiger partial charge in [0, 0.05) is 22.5 Å². The topological polar surface area (TPSA) is 33.1 Å². The van der Waals surface area contributed by atoms with Crippen LogP contribution in [0.15, 0.2) is 59.2 Å². The summed E-state index contributed by atoms with van der Waals surface area (Å²) in [5, 5.41) is 11.6. The zero-order chi connectivity index (χ0) is 14.8. The van der Waals surface area contributed by atoms with E-state index < -0.39 is 6.10 Å². The van der Waals surface area contributed by atoms with Crippen LogP contribution in [0.1, 0.15) is 22.8 Å². The third-order valence-electron chi connectivity index (χ3n) is 3.60. The number of aliphatic hydroxyl groups is 1. The summed E-state index contributed by atoms with van der Waals surface area (Å²) in [6.45, 7) is 2.03. The third-order valence-corrected chi connectivity index (χ3v) is 4.06. The molecule has 0 aliphatic rings. The molecule has 0 spiro atoms. The van der Waals surface area contributed by atoms with Crippen molar-refractivity contribution in [2.24, 2.45) is 0 Å². The van der Waals surface area contributed by atoms with E-state index in [0.717, 1.165) is 32.1 Å². The van der Waals surface area contributed by atoms with Crippen molar-refractivity contribution in [1.29, 1.82) is 0 Å². The highest BCUT2D eigenvalue weighted by Gasteiger charge is 2.12. The zero-order valence-electron chi connectivity index (χ0n) is 11.8. The molecule has 0 bridgehead atoms. The fourth-order valence-electron chi connectivity index (χ4n) is 2.62. The molecule has 0 saturated carbocycles. The van der Waals surface area contributed by atoms with E-state index in [1.807, 2.05) is 49.4 Å². The molecule has 21 heavy (non-hydrogen) atoms. The van der Waals surface area contributed by atoms with E-state index in [2.05, 4.69) is 27.0 Å². The Morgan fingerprint density at radius 2 is 1.95 bits per heavy atom. The molecular formula is C18H16BrNO. The lowest BCUT2D eigenvalue weighted by molar-refractivity contribution is 0.178. The molecule has 3 aromatic rings. The second-order valence-corrected chi connectivity index (χ2v) is 6.18. The minimum Gasteiger partial charge on any atom is -0.388 e. The van der Waals surface area contributed by atoms with Gasteiger partial charge < -0.3 is 5.11 Å². The minimum absolute atomic E-state index is 0.521. The molecule has 2 nitrogen and oxygen atoms in total. The lowest BCUT2D eigenvalue weighted by atomic mass is 9.98. The quantitative estimate of drug-likeness (QED) is 0.756. The van der Waals surface area contributed by atoms with Crippen LogP contribution in [0.3, 0.4) is 0 Å². The van der Waals surface area contributed by atoms with E-state index in [0.29, 0.717) is 6.42 Å². The van der Waals surface area contributed by atoms with Crippen molar-refractivity contribution < 1.29 is 5.11 Å². The molecule has 1 unspecified atom stereocenters. The average Bonchev–Trinajstić information content (AvgIpc) is 2.46. The van der Waals surface area contributed by atoms with Gasteiger partial charge in [-0.15, -0.1) is 0 Å². The van der Waals surface area contributed by atoms with Crippen molar-refractivity contribution in [3.63, 3.8) is 0 Å². The van der Waals surface area contributed by atoms with Gasteiger partial charge in [0.2, 0.25) is 0 Å². The summed E-state index contributed by atoms with van der Waals surface area (Å²) in [7, 11) is 0. The van der Waals surface area contributed by atoms with Crippen LogP contribution in [0, 0.1) is 6.92 Å². The Morgan fingerprint density at radius 1 is 1.14 bits per heavy atom. The zero-order valence-corrected chi connectivity index (χ0v) is 13.3. The molecule has 0 amide bonds. The van der Waals surface area contributed by atoms with Crippen molar-refractivity contribution in [2.75, 3.05) is 0 Å². The lowest BCUT2D eigenvalue weighted by Crippen LogP contribution is -2.03. The number of aromatic nitrogens is 1. The van der Waals surface area contributed by atoms with Crippen LogP contribution in [0.4, 0.5) is 0 Å². The molecule has 3 heteroatoms. The van der Waals surface area contributed by atoms with E-state index in [9.17, 15) is 5.11 Å². The summed E-state index contributed by atoms with van der Waals surface area (Å²) in [5.74, 6) is 0. The number of rotatable bonds is 3. The number of benzene rings is 2. The Kier molecular flexibility index (Phi) is 4.04. The SMILES string of the molecule is Cc1cc(Br)cc(C(O)Cc2ccnc3ccccc23)c1. The molecule has 1 heterocycles. The largest absolute Gasteiger partial charge is 0.388 e. The predicted molar refractivity (Wildman–Crippen MR) is 89.3 cm³/mol. The van der Waals surface area contributed by atoms with Gasteiger partial charge in [0.1, 0.15) is 0 Å². The highest BCUT2D eigenvalue weighted by Crippen LogP contribution is 2.26. The Morgan fingerprint density at radius 3 is 2.76 bits per heavy atom. The van der Waals surface area contributed by atoms with Crippen LogP contribution >= 0.6 is 15.9 Å². The summed E-state index contributed by atoms with van der Waals surface area (Å²) in [6, 6.07) is 16.1. The van der Waals surface area contributed by atoms with Gasteiger partial charge in [-0.25, -0.2) is 0 Å². The second kappa shape index (κ2) is 5.96. The van der Waals surface area contributed by atoms with Gasteiger partial charge in [-0.3, -0.25) is 4.98 Å². The van der Waals surface area contributed by atoms with Gasteiger partial charge in [0.15, 0.2) is 0 Å². The number of hydrogen-bond donors (Lipinski definition) is 1. The Hall–Kier alpha value is -1.71. The van der Waals surface area contributed by atoms with Crippen LogP contribution in [0.25, 0.3) is 10.9 Å². The maximum absolute atomic E-state index is 10.5. The molecule has 0 aliphatic carbocycles. The molecule has 3 rings (SSSR count). The average molecular weight is 342 g/mol. The summed E-state index contributed by atoms with van der Waals surface area (Å²) < 4.78 is 0.996. The van der Waals surface area contributed by atoms with Gasteiger partial charge in [0.05, 0.1) is 11.6 Å². The van der Waals surface area contributed by atoms with E-state index in [1.165, 1.54) is 0 Å². The Balaban J connectivity index is 1.94. The molecular weight excluding hydrogens is 326 g/mol. The first-order valence-corrected chi connectivity index (χ1v) is 7.70. The first-order chi connectivity index (χ1) is 10.1. The third kappa shape index (κ3) is 3.14. The fourth-order valence-corrected chi connectivity index (χ4v) is 3.24. The normalized spacial score (nSPS) is 12.5.